The molecule has 7 heteroatoms. The van der Waals surface area contributed by atoms with E-state index in [1.54, 1.807) is 12.0 Å². The van der Waals surface area contributed by atoms with Gasteiger partial charge in [-0.2, -0.15) is 0 Å². The highest BCUT2D eigenvalue weighted by molar-refractivity contribution is 7.10. The molecule has 0 aliphatic carbocycles. The second-order valence-electron chi connectivity index (χ2n) is 8.12. The van der Waals surface area contributed by atoms with Crippen molar-refractivity contribution in [3.8, 4) is 5.75 Å². The van der Waals surface area contributed by atoms with E-state index < -0.39 is 5.92 Å². The van der Waals surface area contributed by atoms with Gasteiger partial charge in [-0.15, -0.1) is 11.3 Å². The number of anilines is 3. The summed E-state index contributed by atoms with van der Waals surface area (Å²) in [5.41, 5.74) is 3.87. The first-order valence-electron chi connectivity index (χ1n) is 10.8. The topological polar surface area (TPSA) is 61.9 Å². The summed E-state index contributed by atoms with van der Waals surface area (Å²) in [5, 5.41) is 5.25. The van der Waals surface area contributed by atoms with Crippen molar-refractivity contribution in [3.63, 3.8) is 0 Å². The number of nitrogens with one attached hydrogen (secondary N) is 1. The van der Waals surface area contributed by atoms with Crippen LogP contribution in [0.4, 0.5) is 17.1 Å². The zero-order valence-electron chi connectivity index (χ0n) is 17.9. The van der Waals surface area contributed by atoms with Crippen LogP contribution >= 0.6 is 11.3 Å². The molecule has 32 heavy (non-hydrogen) atoms. The van der Waals surface area contributed by atoms with E-state index >= 15 is 0 Å². The fraction of sp³-hybridized carbons (Fsp3) is 0.280. The Hall–Kier alpha value is -3.32. The fourth-order valence-corrected chi connectivity index (χ4v) is 5.40. The van der Waals surface area contributed by atoms with Crippen LogP contribution in [0.25, 0.3) is 0 Å². The minimum atomic E-state index is -0.412. The Bertz CT molecular complexity index is 1160. The lowest BCUT2D eigenvalue weighted by Gasteiger charge is -2.31. The number of benzene rings is 2. The van der Waals surface area contributed by atoms with Gasteiger partial charge in [-0.25, -0.2) is 0 Å². The van der Waals surface area contributed by atoms with Gasteiger partial charge in [0.1, 0.15) is 5.75 Å². The summed E-state index contributed by atoms with van der Waals surface area (Å²) in [7, 11) is 1.58. The third kappa shape index (κ3) is 3.84. The Morgan fingerprint density at radius 1 is 1.09 bits per heavy atom. The van der Waals surface area contributed by atoms with Crippen LogP contribution in [-0.4, -0.2) is 32.0 Å². The SMILES string of the molecule is COc1ccccc1N1CC(C(=O)Nc2ccccc2N2CCc3sccc3C2)CC1=O. The van der Waals surface area contributed by atoms with Crippen LogP contribution < -0.4 is 19.9 Å². The number of para-hydroxylation sites is 4. The van der Waals surface area contributed by atoms with E-state index in [1.165, 1.54) is 10.4 Å². The summed E-state index contributed by atoms with van der Waals surface area (Å²) in [6.45, 7) is 2.11. The van der Waals surface area contributed by atoms with Gasteiger partial charge in [-0.05, 0) is 47.7 Å². The van der Waals surface area contributed by atoms with Crippen molar-refractivity contribution in [2.75, 3.05) is 35.3 Å². The molecule has 2 amide bonds. The maximum Gasteiger partial charge on any atom is 0.229 e. The number of hydrogen-bond donors (Lipinski definition) is 1. The first-order valence-corrected chi connectivity index (χ1v) is 11.7. The zero-order valence-corrected chi connectivity index (χ0v) is 18.7. The second-order valence-corrected chi connectivity index (χ2v) is 9.12. The van der Waals surface area contributed by atoms with E-state index in [0.717, 1.165) is 30.9 Å². The summed E-state index contributed by atoms with van der Waals surface area (Å²) in [5.74, 6) is 0.0239. The monoisotopic (exact) mass is 447 g/mol. The van der Waals surface area contributed by atoms with Crippen molar-refractivity contribution in [3.05, 3.63) is 70.4 Å². The third-order valence-electron chi connectivity index (χ3n) is 6.18. The molecular weight excluding hydrogens is 422 g/mol. The van der Waals surface area contributed by atoms with Crippen molar-refractivity contribution >= 4 is 40.2 Å². The van der Waals surface area contributed by atoms with Crippen molar-refractivity contribution < 1.29 is 14.3 Å². The molecule has 1 N–H and O–H groups in total. The van der Waals surface area contributed by atoms with Gasteiger partial charge < -0.3 is 19.9 Å². The fourth-order valence-electron chi connectivity index (χ4n) is 4.51. The van der Waals surface area contributed by atoms with E-state index in [0.29, 0.717) is 18.0 Å². The molecule has 2 aliphatic heterocycles. The predicted octanol–water partition coefficient (Wildman–Crippen LogP) is 4.31. The molecule has 0 saturated carbocycles. The van der Waals surface area contributed by atoms with Gasteiger partial charge in [0.2, 0.25) is 11.8 Å². The van der Waals surface area contributed by atoms with Gasteiger partial charge in [-0.3, -0.25) is 9.59 Å². The van der Waals surface area contributed by atoms with E-state index in [1.807, 2.05) is 59.9 Å². The van der Waals surface area contributed by atoms with Gasteiger partial charge in [0.25, 0.3) is 0 Å². The number of carbonyl (C=O) groups excluding carboxylic acids is 2. The standard InChI is InChI=1S/C25H25N3O3S/c1-31-22-9-5-4-8-21(22)28-16-18(14-24(28)29)25(30)26-19-6-2-3-7-20(19)27-12-10-23-17(15-27)11-13-32-23/h2-9,11,13,18H,10,12,14-16H2,1H3,(H,26,30). The number of rotatable bonds is 5. The molecular formula is C25H25N3O3S. The van der Waals surface area contributed by atoms with Crippen molar-refractivity contribution in [1.29, 1.82) is 0 Å². The number of thiophene rings is 1. The molecule has 1 unspecified atom stereocenters. The van der Waals surface area contributed by atoms with E-state index in [4.69, 9.17) is 4.74 Å². The van der Waals surface area contributed by atoms with Crippen LogP contribution in [0.2, 0.25) is 0 Å². The van der Waals surface area contributed by atoms with E-state index in [-0.39, 0.29) is 18.2 Å². The zero-order chi connectivity index (χ0) is 22.1. The molecule has 3 heterocycles. The first-order chi connectivity index (χ1) is 15.6. The Kier molecular flexibility index (Phi) is 5.57. The Balaban J connectivity index is 1.32. The lowest BCUT2D eigenvalue weighted by molar-refractivity contribution is -0.122. The normalized spacial score (nSPS) is 17.9. The molecule has 1 saturated heterocycles. The molecule has 1 atom stereocenters. The van der Waals surface area contributed by atoms with Crippen molar-refractivity contribution in [2.24, 2.45) is 5.92 Å². The highest BCUT2D eigenvalue weighted by atomic mass is 32.1. The molecule has 6 nitrogen and oxygen atoms in total. The van der Waals surface area contributed by atoms with Crippen LogP contribution in [0.1, 0.15) is 16.9 Å². The molecule has 0 spiro atoms. The van der Waals surface area contributed by atoms with Crippen molar-refractivity contribution in [2.45, 2.75) is 19.4 Å². The smallest absolute Gasteiger partial charge is 0.229 e. The average Bonchev–Trinajstić information content (AvgIpc) is 3.45. The van der Waals surface area contributed by atoms with Gasteiger partial charge in [0.15, 0.2) is 0 Å². The van der Waals surface area contributed by atoms with Crippen molar-refractivity contribution in [1.82, 2.24) is 0 Å². The molecule has 5 rings (SSSR count). The molecule has 1 fully saturated rings. The van der Waals surface area contributed by atoms with E-state index in [2.05, 4.69) is 21.7 Å². The van der Waals surface area contributed by atoms with Crippen LogP contribution in [-0.2, 0) is 22.6 Å². The maximum absolute atomic E-state index is 13.1. The summed E-state index contributed by atoms with van der Waals surface area (Å²) in [6, 6.07) is 17.5. The highest BCUT2D eigenvalue weighted by Crippen LogP contribution is 2.35. The molecule has 1 aromatic heterocycles. The van der Waals surface area contributed by atoms with Crippen LogP contribution in [0.3, 0.4) is 0 Å². The lowest BCUT2D eigenvalue weighted by atomic mass is 10.1. The lowest BCUT2D eigenvalue weighted by Crippen LogP contribution is -2.31. The van der Waals surface area contributed by atoms with E-state index in [9.17, 15) is 9.59 Å². The average molecular weight is 448 g/mol. The number of methoxy groups -OCH3 is 1. The quantitative estimate of drug-likeness (QED) is 0.633. The van der Waals surface area contributed by atoms with Gasteiger partial charge >= 0.3 is 0 Å². The number of hydrogen-bond acceptors (Lipinski definition) is 5. The van der Waals surface area contributed by atoms with Crippen LogP contribution in [0.15, 0.2) is 60.0 Å². The van der Waals surface area contributed by atoms with Crippen LogP contribution in [0, 0.1) is 5.92 Å². The molecule has 0 bridgehead atoms. The molecule has 2 aliphatic rings. The maximum atomic E-state index is 13.1. The largest absolute Gasteiger partial charge is 0.495 e. The first kappa shape index (κ1) is 20.6. The van der Waals surface area contributed by atoms with Gasteiger partial charge in [0.05, 0.1) is 30.1 Å². The van der Waals surface area contributed by atoms with Crippen LogP contribution in [0.5, 0.6) is 5.75 Å². The molecule has 3 aromatic rings. The number of amides is 2. The highest BCUT2D eigenvalue weighted by Gasteiger charge is 2.36. The predicted molar refractivity (Wildman–Crippen MR) is 128 cm³/mol. The number of carbonyl (C=O) groups is 2. The Labute approximate surface area is 191 Å². The van der Waals surface area contributed by atoms with Gasteiger partial charge in [-0.1, -0.05) is 24.3 Å². The Morgan fingerprint density at radius 2 is 1.88 bits per heavy atom. The third-order valence-corrected chi connectivity index (χ3v) is 7.21. The van der Waals surface area contributed by atoms with Gasteiger partial charge in [0, 0.05) is 30.9 Å². The summed E-state index contributed by atoms with van der Waals surface area (Å²) in [6.07, 6.45) is 1.20. The molecule has 164 valence electrons. The summed E-state index contributed by atoms with van der Waals surface area (Å²) in [4.78, 5) is 31.3. The number of nitrogens with zero attached hydrogens (tertiary/aromatic N) is 2. The Morgan fingerprint density at radius 3 is 2.72 bits per heavy atom. The number of fused-ring (bicyclic) bond motifs is 1. The summed E-state index contributed by atoms with van der Waals surface area (Å²) < 4.78 is 5.40. The second kappa shape index (κ2) is 8.67. The molecule has 0 radical (unpaired) electrons. The minimum absolute atomic E-state index is 0.0658. The molecule has 2 aromatic carbocycles. The summed E-state index contributed by atoms with van der Waals surface area (Å²) >= 11 is 1.81. The number of ether oxygens (including phenoxy) is 1. The minimum Gasteiger partial charge on any atom is -0.495 e.